The van der Waals surface area contributed by atoms with Crippen LogP contribution in [0.5, 0.6) is 0 Å². The lowest BCUT2D eigenvalue weighted by Gasteiger charge is -2.21. The first-order valence-electron chi connectivity index (χ1n) is 21.3. The highest BCUT2D eigenvalue weighted by atomic mass is 16.3. The number of hydrogen-bond donors (Lipinski definition) is 0. The second-order valence-corrected chi connectivity index (χ2v) is 17.0. The molecule has 12 rings (SSSR count). The standard InChI is InChI=1S/C59H40N2O/c1-59(2)52-24-10-8-21-48(52)50-34-40(26-28-53(50)59)39-18-12-19-42(30-39)54-36-55(61-58(60-54)38-15-4-3-5-16-38)45-32-43(31-44(33-45)47-23-13-17-37-14-6-7-20-46(37)47)41-27-29-57-51(35-41)49-22-9-11-25-56(49)62-57/h3-36H,1-2H3. The van der Waals surface area contributed by atoms with Gasteiger partial charge in [0.05, 0.1) is 11.4 Å². The summed E-state index contributed by atoms with van der Waals surface area (Å²) >= 11 is 0. The summed E-state index contributed by atoms with van der Waals surface area (Å²) in [5.74, 6) is 0.684. The van der Waals surface area contributed by atoms with E-state index < -0.39 is 0 Å². The van der Waals surface area contributed by atoms with E-state index in [0.29, 0.717) is 5.82 Å². The molecule has 0 aliphatic heterocycles. The van der Waals surface area contributed by atoms with Crippen LogP contribution in [-0.4, -0.2) is 9.97 Å². The smallest absolute Gasteiger partial charge is 0.160 e. The first-order chi connectivity index (χ1) is 30.4. The Labute approximate surface area is 360 Å². The van der Waals surface area contributed by atoms with E-state index in [1.54, 1.807) is 0 Å². The van der Waals surface area contributed by atoms with Gasteiger partial charge in [-0.3, -0.25) is 0 Å². The van der Waals surface area contributed by atoms with Crippen LogP contribution in [0.4, 0.5) is 0 Å². The van der Waals surface area contributed by atoms with Gasteiger partial charge in [0, 0.05) is 32.9 Å². The number of benzene rings is 9. The number of para-hydroxylation sites is 1. The van der Waals surface area contributed by atoms with Crippen molar-refractivity contribution < 1.29 is 4.42 Å². The van der Waals surface area contributed by atoms with Gasteiger partial charge in [0.2, 0.25) is 0 Å². The lowest BCUT2D eigenvalue weighted by molar-refractivity contribution is 0.660. The van der Waals surface area contributed by atoms with E-state index in [-0.39, 0.29) is 5.41 Å². The van der Waals surface area contributed by atoms with Gasteiger partial charge in [-0.15, -0.1) is 0 Å². The second-order valence-electron chi connectivity index (χ2n) is 17.0. The molecule has 1 aliphatic rings. The van der Waals surface area contributed by atoms with Crippen molar-refractivity contribution in [1.82, 2.24) is 9.97 Å². The molecule has 1 aliphatic carbocycles. The zero-order valence-corrected chi connectivity index (χ0v) is 34.4. The fourth-order valence-corrected chi connectivity index (χ4v) is 9.70. The van der Waals surface area contributed by atoms with Crippen LogP contribution in [0.25, 0.3) is 111 Å². The molecule has 0 radical (unpaired) electrons. The lowest BCUT2D eigenvalue weighted by Crippen LogP contribution is -2.14. The van der Waals surface area contributed by atoms with Crippen LogP contribution in [-0.2, 0) is 5.41 Å². The monoisotopic (exact) mass is 792 g/mol. The third-order valence-corrected chi connectivity index (χ3v) is 12.9. The molecule has 9 aromatic carbocycles. The number of aromatic nitrogens is 2. The van der Waals surface area contributed by atoms with Gasteiger partial charge >= 0.3 is 0 Å². The van der Waals surface area contributed by atoms with E-state index >= 15 is 0 Å². The number of rotatable bonds is 6. The minimum absolute atomic E-state index is 0.0390. The van der Waals surface area contributed by atoms with Gasteiger partial charge in [-0.2, -0.15) is 0 Å². The fourth-order valence-electron chi connectivity index (χ4n) is 9.70. The predicted molar refractivity (Wildman–Crippen MR) is 257 cm³/mol. The zero-order valence-electron chi connectivity index (χ0n) is 34.4. The van der Waals surface area contributed by atoms with Gasteiger partial charge in [0.25, 0.3) is 0 Å². The van der Waals surface area contributed by atoms with Crippen LogP contribution in [0.2, 0.25) is 0 Å². The summed E-state index contributed by atoms with van der Waals surface area (Å²) in [5.41, 5.74) is 18.7. The largest absolute Gasteiger partial charge is 0.456 e. The van der Waals surface area contributed by atoms with Crippen molar-refractivity contribution in [2.75, 3.05) is 0 Å². The van der Waals surface area contributed by atoms with Crippen LogP contribution in [0.1, 0.15) is 25.0 Å². The summed E-state index contributed by atoms with van der Waals surface area (Å²) in [6.45, 7) is 4.66. The molecule has 292 valence electrons. The molecular formula is C59H40N2O. The van der Waals surface area contributed by atoms with Crippen LogP contribution in [0.3, 0.4) is 0 Å². The Balaban J connectivity index is 1.04. The van der Waals surface area contributed by atoms with Gasteiger partial charge in [0.1, 0.15) is 11.2 Å². The van der Waals surface area contributed by atoms with E-state index in [0.717, 1.165) is 72.3 Å². The molecule has 0 fully saturated rings. The molecule has 0 N–H and O–H groups in total. The van der Waals surface area contributed by atoms with E-state index in [1.165, 1.54) is 44.2 Å². The number of furan rings is 1. The molecule has 2 aromatic heterocycles. The molecule has 0 bridgehead atoms. The molecule has 0 atom stereocenters. The first-order valence-corrected chi connectivity index (χ1v) is 21.3. The van der Waals surface area contributed by atoms with Crippen molar-refractivity contribution in [3.8, 4) is 78.4 Å². The van der Waals surface area contributed by atoms with Gasteiger partial charge in [-0.05, 0) is 121 Å². The van der Waals surface area contributed by atoms with Crippen LogP contribution >= 0.6 is 0 Å². The molecule has 0 amide bonds. The normalized spacial score (nSPS) is 12.8. The molecule has 2 heterocycles. The minimum atomic E-state index is -0.0390. The second kappa shape index (κ2) is 14.1. The van der Waals surface area contributed by atoms with Crippen molar-refractivity contribution >= 4 is 32.7 Å². The van der Waals surface area contributed by atoms with Gasteiger partial charge in [0.15, 0.2) is 5.82 Å². The maximum absolute atomic E-state index is 6.25. The number of hydrogen-bond acceptors (Lipinski definition) is 3. The molecule has 0 unspecified atom stereocenters. The molecule has 11 aromatic rings. The Kier molecular flexibility index (Phi) is 8.20. The summed E-state index contributed by atoms with van der Waals surface area (Å²) in [6, 6.07) is 73.9. The van der Waals surface area contributed by atoms with Crippen molar-refractivity contribution in [2.45, 2.75) is 19.3 Å². The third kappa shape index (κ3) is 5.96. The molecule has 3 heteroatoms. The van der Waals surface area contributed by atoms with E-state index in [2.05, 4.69) is 190 Å². The Morgan fingerprint density at radius 1 is 0.339 bits per heavy atom. The van der Waals surface area contributed by atoms with Crippen LogP contribution in [0.15, 0.2) is 211 Å². The summed E-state index contributed by atoms with van der Waals surface area (Å²) < 4.78 is 6.25. The zero-order chi connectivity index (χ0) is 41.4. The van der Waals surface area contributed by atoms with E-state index in [9.17, 15) is 0 Å². The van der Waals surface area contributed by atoms with Crippen molar-refractivity contribution in [2.24, 2.45) is 0 Å². The van der Waals surface area contributed by atoms with Gasteiger partial charge in [-0.1, -0.05) is 166 Å². The maximum atomic E-state index is 6.25. The average molecular weight is 793 g/mol. The van der Waals surface area contributed by atoms with Gasteiger partial charge < -0.3 is 4.42 Å². The van der Waals surface area contributed by atoms with Crippen molar-refractivity contribution in [1.29, 1.82) is 0 Å². The average Bonchev–Trinajstić information content (AvgIpc) is 3.82. The Bertz CT molecular complexity index is 3550. The van der Waals surface area contributed by atoms with Crippen molar-refractivity contribution in [3.05, 3.63) is 217 Å². The topological polar surface area (TPSA) is 38.9 Å². The maximum Gasteiger partial charge on any atom is 0.160 e. The molecule has 0 saturated heterocycles. The summed E-state index contributed by atoms with van der Waals surface area (Å²) in [5, 5.41) is 4.62. The Hall–Kier alpha value is -7.88. The summed E-state index contributed by atoms with van der Waals surface area (Å²) in [6.07, 6.45) is 0. The highest BCUT2D eigenvalue weighted by Gasteiger charge is 2.35. The highest BCUT2D eigenvalue weighted by Crippen LogP contribution is 2.49. The molecule has 0 saturated carbocycles. The molecule has 0 spiro atoms. The Morgan fingerprint density at radius 2 is 0.919 bits per heavy atom. The molecule has 62 heavy (non-hydrogen) atoms. The highest BCUT2D eigenvalue weighted by molar-refractivity contribution is 6.06. The number of nitrogens with zero attached hydrogens (tertiary/aromatic N) is 2. The first kappa shape index (κ1) is 36.0. The third-order valence-electron chi connectivity index (χ3n) is 12.9. The predicted octanol–water partition coefficient (Wildman–Crippen LogP) is 15.8. The van der Waals surface area contributed by atoms with Crippen LogP contribution in [0, 0.1) is 0 Å². The molecular weight excluding hydrogens is 753 g/mol. The Morgan fingerprint density at radius 3 is 1.82 bits per heavy atom. The van der Waals surface area contributed by atoms with E-state index in [1.807, 2.05) is 30.3 Å². The quantitative estimate of drug-likeness (QED) is 0.168. The van der Waals surface area contributed by atoms with Crippen LogP contribution < -0.4 is 0 Å². The lowest BCUT2D eigenvalue weighted by atomic mass is 9.82. The molecule has 3 nitrogen and oxygen atoms in total. The minimum Gasteiger partial charge on any atom is -0.456 e. The number of fused-ring (bicyclic) bond motifs is 7. The van der Waals surface area contributed by atoms with Gasteiger partial charge in [-0.25, -0.2) is 9.97 Å². The fraction of sp³-hybridized carbons (Fsp3) is 0.0508. The van der Waals surface area contributed by atoms with E-state index in [4.69, 9.17) is 14.4 Å². The summed E-state index contributed by atoms with van der Waals surface area (Å²) in [4.78, 5) is 10.6. The SMILES string of the molecule is CC1(C)c2ccccc2-c2cc(-c3cccc(-c4cc(-c5cc(-c6ccc7oc8ccccc8c7c6)cc(-c6cccc7ccccc67)c5)nc(-c5ccccc5)n4)c3)ccc21. The van der Waals surface area contributed by atoms with Crippen molar-refractivity contribution in [3.63, 3.8) is 0 Å². The summed E-state index contributed by atoms with van der Waals surface area (Å²) in [7, 11) is 0.